The average Bonchev–Trinajstić information content (AvgIpc) is 1.89. The van der Waals surface area contributed by atoms with Crippen LogP contribution in [0, 0.1) is 0 Å². The molecule has 0 rings (SSSR count). The summed E-state index contributed by atoms with van der Waals surface area (Å²) in [6.45, 7) is 2.22. The van der Waals surface area contributed by atoms with E-state index in [1.54, 1.807) is 6.92 Å². The third kappa shape index (κ3) is 5.63. The largest absolute Gasteiger partial charge is 0.466 e. The molecule has 0 bridgehead atoms. The molecule has 0 aromatic carbocycles. The van der Waals surface area contributed by atoms with Gasteiger partial charge in [-0.2, -0.15) is 0 Å². The number of carbonyl (C=O) groups is 1. The molecule has 0 aromatic heterocycles. The molecule has 0 fully saturated rings. The number of halogens is 1. The molecule has 0 unspecified atom stereocenters. The molecule has 0 aliphatic carbocycles. The number of hydrogen-bond acceptors (Lipinski definition) is 2. The van der Waals surface area contributed by atoms with Crippen molar-refractivity contribution < 1.29 is 9.53 Å². The van der Waals surface area contributed by atoms with Crippen molar-refractivity contribution in [1.82, 2.24) is 0 Å². The van der Waals surface area contributed by atoms with Crippen LogP contribution < -0.4 is 0 Å². The second kappa shape index (κ2) is 5.89. The van der Waals surface area contributed by atoms with Gasteiger partial charge in [-0.1, -0.05) is 6.92 Å². The van der Waals surface area contributed by atoms with E-state index in [9.17, 15) is 4.79 Å². The van der Waals surface area contributed by atoms with Gasteiger partial charge in [0.15, 0.2) is 0 Å². The summed E-state index contributed by atoms with van der Waals surface area (Å²) in [6, 6.07) is 0. The van der Waals surface area contributed by atoms with Crippen LogP contribution >= 0.6 is 11.6 Å². The van der Waals surface area contributed by atoms with E-state index in [2.05, 4.69) is 0 Å². The predicted octanol–water partition coefficient (Wildman–Crippen LogP) is 1.57. The zero-order chi connectivity index (χ0) is 7.11. The Bertz CT molecular complexity index is 83.1. The van der Waals surface area contributed by atoms with Crippen LogP contribution in [-0.2, 0) is 9.53 Å². The van der Waals surface area contributed by atoms with E-state index in [4.69, 9.17) is 16.3 Å². The van der Waals surface area contributed by atoms with Crippen LogP contribution in [0.5, 0.6) is 0 Å². The van der Waals surface area contributed by atoms with Gasteiger partial charge in [-0.25, -0.2) is 0 Å². The van der Waals surface area contributed by atoms with Gasteiger partial charge >= 0.3 is 5.97 Å². The number of alkyl halides is 1. The minimum atomic E-state index is -0.153. The summed E-state index contributed by atoms with van der Waals surface area (Å²) < 4.78 is 4.71. The lowest BCUT2D eigenvalue weighted by molar-refractivity contribution is -0.143. The lowest BCUT2D eigenvalue weighted by Gasteiger charge is -1.98. The quantitative estimate of drug-likeness (QED) is 0.346. The molecule has 0 atom stereocenters. The van der Waals surface area contributed by atoms with E-state index in [0.29, 0.717) is 18.9 Å². The molecular weight excluding hydrogens is 140 g/mol. The molecule has 9 heavy (non-hydrogen) atoms. The van der Waals surface area contributed by atoms with Gasteiger partial charge < -0.3 is 4.74 Å². The third-order valence-electron chi connectivity index (χ3n) is 0.830. The van der Waals surface area contributed by atoms with Crippen molar-refractivity contribution in [2.24, 2.45) is 0 Å². The van der Waals surface area contributed by atoms with Crippen molar-refractivity contribution in [1.29, 1.82) is 0 Å². The maximum absolute atomic E-state index is 10.4. The minimum Gasteiger partial charge on any atom is -0.466 e. The standard InChI is InChI=1S/C6H11ClO2/c1-2-6(8)9-5-3-4-7/h2-5H2,1H3. The van der Waals surface area contributed by atoms with Gasteiger partial charge in [-0.05, 0) is 6.42 Å². The molecule has 0 spiro atoms. The van der Waals surface area contributed by atoms with E-state index >= 15 is 0 Å². The predicted molar refractivity (Wildman–Crippen MR) is 36.6 cm³/mol. The zero-order valence-electron chi connectivity index (χ0n) is 5.52. The first-order chi connectivity index (χ1) is 4.31. The summed E-state index contributed by atoms with van der Waals surface area (Å²) in [5.41, 5.74) is 0. The molecule has 0 N–H and O–H groups in total. The molecule has 0 heterocycles. The molecule has 3 heteroatoms. The molecule has 2 nitrogen and oxygen atoms in total. The van der Waals surface area contributed by atoms with Crippen molar-refractivity contribution in [2.45, 2.75) is 19.8 Å². The topological polar surface area (TPSA) is 26.3 Å². The maximum atomic E-state index is 10.4. The van der Waals surface area contributed by atoms with Crippen molar-refractivity contribution >= 4 is 17.6 Å². The number of carbonyl (C=O) groups excluding carboxylic acids is 1. The average molecular weight is 151 g/mol. The molecule has 0 radical (unpaired) electrons. The Morgan fingerprint density at radius 3 is 2.78 bits per heavy atom. The molecule has 0 aliphatic rings. The smallest absolute Gasteiger partial charge is 0.305 e. The second-order valence-corrected chi connectivity index (χ2v) is 1.99. The second-order valence-electron chi connectivity index (χ2n) is 1.62. The fourth-order valence-electron chi connectivity index (χ4n) is 0.343. The van der Waals surface area contributed by atoms with Crippen molar-refractivity contribution in [3.8, 4) is 0 Å². The summed E-state index contributed by atoms with van der Waals surface area (Å²) in [5, 5.41) is 0. The first-order valence-corrected chi connectivity index (χ1v) is 3.56. The fourth-order valence-corrected chi connectivity index (χ4v) is 0.452. The van der Waals surface area contributed by atoms with Gasteiger partial charge in [0, 0.05) is 12.3 Å². The molecule has 0 aliphatic heterocycles. The van der Waals surface area contributed by atoms with Gasteiger partial charge in [-0.15, -0.1) is 11.6 Å². The van der Waals surface area contributed by atoms with E-state index < -0.39 is 0 Å². The Hall–Kier alpha value is -0.240. The zero-order valence-corrected chi connectivity index (χ0v) is 6.28. The van der Waals surface area contributed by atoms with Gasteiger partial charge in [-0.3, -0.25) is 4.79 Å². The van der Waals surface area contributed by atoms with Crippen LogP contribution in [0.25, 0.3) is 0 Å². The summed E-state index contributed by atoms with van der Waals surface area (Å²) in [4.78, 5) is 10.4. The van der Waals surface area contributed by atoms with Crippen LogP contribution in [0.1, 0.15) is 19.8 Å². The maximum Gasteiger partial charge on any atom is 0.305 e. The molecular formula is C6H11ClO2. The highest BCUT2D eigenvalue weighted by molar-refractivity contribution is 6.17. The SMILES string of the molecule is CCC(=O)OCCCCl. The number of rotatable bonds is 4. The number of esters is 1. The molecule has 0 amide bonds. The van der Waals surface area contributed by atoms with Crippen LogP contribution in [0.15, 0.2) is 0 Å². The number of hydrogen-bond donors (Lipinski definition) is 0. The molecule has 54 valence electrons. The highest BCUT2D eigenvalue weighted by Gasteiger charge is 1.94. The van der Waals surface area contributed by atoms with Crippen LogP contribution in [-0.4, -0.2) is 18.5 Å². The lowest BCUT2D eigenvalue weighted by Crippen LogP contribution is -2.03. The van der Waals surface area contributed by atoms with Crippen molar-refractivity contribution in [3.63, 3.8) is 0 Å². The lowest BCUT2D eigenvalue weighted by atomic mass is 10.5. The first-order valence-electron chi connectivity index (χ1n) is 3.02. The normalized spacial score (nSPS) is 9.11. The van der Waals surface area contributed by atoms with Gasteiger partial charge in [0.25, 0.3) is 0 Å². The highest BCUT2D eigenvalue weighted by atomic mass is 35.5. The summed E-state index contributed by atoms with van der Waals surface area (Å²) in [6.07, 6.45) is 1.19. The van der Waals surface area contributed by atoms with E-state index in [1.807, 2.05) is 0 Å². The summed E-state index contributed by atoms with van der Waals surface area (Å²) in [7, 11) is 0. The van der Waals surface area contributed by atoms with E-state index in [0.717, 1.165) is 6.42 Å². The van der Waals surface area contributed by atoms with E-state index in [1.165, 1.54) is 0 Å². The minimum absolute atomic E-state index is 0.153. The summed E-state index contributed by atoms with van der Waals surface area (Å²) >= 11 is 5.34. The molecule has 0 aromatic rings. The van der Waals surface area contributed by atoms with Gasteiger partial charge in [0.1, 0.15) is 0 Å². The Labute approximate surface area is 60.1 Å². The third-order valence-corrected chi connectivity index (χ3v) is 1.10. The van der Waals surface area contributed by atoms with E-state index in [-0.39, 0.29) is 5.97 Å². The number of ether oxygens (including phenoxy) is 1. The Balaban J connectivity index is 2.97. The fraction of sp³-hybridized carbons (Fsp3) is 0.833. The molecule has 0 saturated carbocycles. The van der Waals surface area contributed by atoms with Crippen LogP contribution in [0.2, 0.25) is 0 Å². The van der Waals surface area contributed by atoms with Crippen molar-refractivity contribution in [2.75, 3.05) is 12.5 Å². The van der Waals surface area contributed by atoms with Crippen molar-refractivity contribution in [3.05, 3.63) is 0 Å². The van der Waals surface area contributed by atoms with Crippen LogP contribution in [0.3, 0.4) is 0 Å². The van der Waals surface area contributed by atoms with Crippen LogP contribution in [0.4, 0.5) is 0 Å². The monoisotopic (exact) mass is 150 g/mol. The van der Waals surface area contributed by atoms with Gasteiger partial charge in [0.05, 0.1) is 6.61 Å². The Morgan fingerprint density at radius 2 is 2.33 bits per heavy atom. The Morgan fingerprint density at radius 1 is 1.67 bits per heavy atom. The molecule has 0 saturated heterocycles. The van der Waals surface area contributed by atoms with Gasteiger partial charge in [0.2, 0.25) is 0 Å². The summed E-state index contributed by atoms with van der Waals surface area (Å²) in [5.74, 6) is 0.400. The highest BCUT2D eigenvalue weighted by Crippen LogP contribution is 1.88. The Kier molecular flexibility index (Phi) is 5.73. The first kappa shape index (κ1) is 8.76.